The first-order chi connectivity index (χ1) is 11.2. The largest absolute Gasteiger partial charge is 0.377 e. The molecule has 5 nitrogen and oxygen atoms in total. The van der Waals surface area contributed by atoms with Gasteiger partial charge in [0.15, 0.2) is 11.6 Å². The van der Waals surface area contributed by atoms with Crippen LogP contribution in [0.2, 0.25) is 0 Å². The van der Waals surface area contributed by atoms with Gasteiger partial charge in [0.05, 0.1) is 0 Å². The fourth-order valence-electron chi connectivity index (χ4n) is 3.22. The average Bonchev–Trinajstić information content (AvgIpc) is 2.96. The van der Waals surface area contributed by atoms with Crippen molar-refractivity contribution in [2.24, 2.45) is 7.05 Å². The Morgan fingerprint density at radius 1 is 1.13 bits per heavy atom. The summed E-state index contributed by atoms with van der Waals surface area (Å²) in [5, 5.41) is 4.48. The summed E-state index contributed by atoms with van der Waals surface area (Å²) in [6.45, 7) is 5.21. The summed E-state index contributed by atoms with van der Waals surface area (Å²) in [4.78, 5) is 7.13. The predicted molar refractivity (Wildman–Crippen MR) is 91.0 cm³/mol. The molecule has 3 rings (SSSR count). The molecule has 1 atom stereocenters. The summed E-state index contributed by atoms with van der Waals surface area (Å²) in [5.41, 5.74) is 2.42. The van der Waals surface area contributed by atoms with Crippen LogP contribution in [-0.2, 0) is 18.4 Å². The van der Waals surface area contributed by atoms with E-state index in [2.05, 4.69) is 46.2 Å². The highest BCUT2D eigenvalue weighted by atomic mass is 16.5. The van der Waals surface area contributed by atoms with E-state index >= 15 is 0 Å². The van der Waals surface area contributed by atoms with Crippen molar-refractivity contribution in [3.05, 3.63) is 35.7 Å². The van der Waals surface area contributed by atoms with Gasteiger partial charge in [-0.15, -0.1) is 0 Å². The molecule has 1 aromatic heterocycles. The molecule has 1 aliphatic rings. The number of aryl methyl sites for hydroxylation is 1. The molecule has 0 bridgehead atoms. The van der Waals surface area contributed by atoms with Gasteiger partial charge in [0.25, 0.3) is 0 Å². The minimum atomic E-state index is 0.477. The molecule has 0 aliphatic carbocycles. The number of likely N-dealkylation sites (tertiary alicyclic amines) is 1. The predicted octanol–water partition coefficient (Wildman–Crippen LogP) is 3.18. The molecule has 1 fully saturated rings. The molecule has 0 saturated carbocycles. The van der Waals surface area contributed by atoms with E-state index < -0.39 is 0 Å². The maximum absolute atomic E-state index is 5.15. The molecular weight excluding hydrogens is 288 g/mol. The van der Waals surface area contributed by atoms with Crippen molar-refractivity contribution in [3.63, 3.8) is 0 Å². The molecular formula is C18H26N4O. The van der Waals surface area contributed by atoms with E-state index in [0.29, 0.717) is 12.6 Å². The third kappa shape index (κ3) is 3.62. The second-order valence-electron chi connectivity index (χ2n) is 6.30. The standard InChI is InChI=1S/C18H26N4O/c1-14(22-11-5-4-6-12-22)15-7-9-16(10-8-15)18-19-17(13-23-3)21(2)20-18/h7-10,14H,4-6,11-13H2,1-3H3. The lowest BCUT2D eigenvalue weighted by atomic mass is 10.0. The molecule has 0 N–H and O–H groups in total. The van der Waals surface area contributed by atoms with Gasteiger partial charge < -0.3 is 4.74 Å². The van der Waals surface area contributed by atoms with Crippen LogP contribution in [0.4, 0.5) is 0 Å². The molecule has 2 aromatic rings. The summed E-state index contributed by atoms with van der Waals surface area (Å²) in [7, 11) is 3.57. The van der Waals surface area contributed by atoms with E-state index in [9.17, 15) is 0 Å². The number of benzene rings is 1. The molecule has 5 heteroatoms. The summed E-state index contributed by atoms with van der Waals surface area (Å²) in [6, 6.07) is 9.15. The van der Waals surface area contributed by atoms with Gasteiger partial charge in [-0.05, 0) is 38.4 Å². The van der Waals surface area contributed by atoms with Crippen LogP contribution >= 0.6 is 0 Å². The second kappa shape index (κ2) is 7.23. The van der Waals surface area contributed by atoms with Gasteiger partial charge in [-0.3, -0.25) is 9.58 Å². The van der Waals surface area contributed by atoms with Gasteiger partial charge >= 0.3 is 0 Å². The number of rotatable bonds is 5. The van der Waals surface area contributed by atoms with Gasteiger partial charge in [0.2, 0.25) is 0 Å². The number of aromatic nitrogens is 3. The van der Waals surface area contributed by atoms with Crippen LogP contribution < -0.4 is 0 Å². The van der Waals surface area contributed by atoms with Gasteiger partial charge in [-0.25, -0.2) is 4.98 Å². The summed E-state index contributed by atoms with van der Waals surface area (Å²) in [6.07, 6.45) is 4.02. The second-order valence-corrected chi connectivity index (χ2v) is 6.30. The molecule has 1 aromatic carbocycles. The Kier molecular flexibility index (Phi) is 5.08. The molecule has 0 radical (unpaired) electrons. The number of hydrogen-bond donors (Lipinski definition) is 0. The lowest BCUT2D eigenvalue weighted by Gasteiger charge is -2.32. The van der Waals surface area contributed by atoms with Crippen molar-refractivity contribution >= 4 is 0 Å². The van der Waals surface area contributed by atoms with Crippen molar-refractivity contribution < 1.29 is 4.74 Å². The normalized spacial score (nSPS) is 17.3. The molecule has 23 heavy (non-hydrogen) atoms. The van der Waals surface area contributed by atoms with Crippen LogP contribution in [0, 0.1) is 0 Å². The highest BCUT2D eigenvalue weighted by Gasteiger charge is 2.18. The van der Waals surface area contributed by atoms with Crippen LogP contribution in [0.5, 0.6) is 0 Å². The lowest BCUT2D eigenvalue weighted by Crippen LogP contribution is -2.32. The molecule has 124 valence electrons. The fraction of sp³-hybridized carbons (Fsp3) is 0.556. The Morgan fingerprint density at radius 2 is 1.83 bits per heavy atom. The number of ether oxygens (including phenoxy) is 1. The first-order valence-electron chi connectivity index (χ1n) is 8.42. The fourth-order valence-corrected chi connectivity index (χ4v) is 3.22. The van der Waals surface area contributed by atoms with Gasteiger partial charge in [-0.2, -0.15) is 5.10 Å². The average molecular weight is 314 g/mol. The van der Waals surface area contributed by atoms with Crippen molar-refractivity contribution in [1.29, 1.82) is 0 Å². The van der Waals surface area contributed by atoms with E-state index in [1.54, 1.807) is 11.8 Å². The van der Waals surface area contributed by atoms with Gasteiger partial charge in [-0.1, -0.05) is 30.7 Å². The van der Waals surface area contributed by atoms with Crippen molar-refractivity contribution in [3.8, 4) is 11.4 Å². The SMILES string of the molecule is COCc1nc(-c2ccc(C(C)N3CCCCC3)cc2)nn1C. The van der Waals surface area contributed by atoms with E-state index in [0.717, 1.165) is 17.2 Å². The molecule has 0 spiro atoms. The zero-order valence-electron chi connectivity index (χ0n) is 14.3. The van der Waals surface area contributed by atoms with Crippen LogP contribution in [0.15, 0.2) is 24.3 Å². The highest BCUT2D eigenvalue weighted by molar-refractivity contribution is 5.55. The minimum absolute atomic E-state index is 0.477. The summed E-state index contributed by atoms with van der Waals surface area (Å²) < 4.78 is 6.93. The maximum Gasteiger partial charge on any atom is 0.181 e. The molecule has 2 heterocycles. The molecule has 0 amide bonds. The Hall–Kier alpha value is -1.72. The first-order valence-corrected chi connectivity index (χ1v) is 8.42. The van der Waals surface area contributed by atoms with Crippen molar-refractivity contribution in [1.82, 2.24) is 19.7 Å². The Labute approximate surface area is 138 Å². The van der Waals surface area contributed by atoms with E-state index in [1.165, 1.54) is 37.9 Å². The maximum atomic E-state index is 5.15. The zero-order chi connectivity index (χ0) is 16.2. The van der Waals surface area contributed by atoms with E-state index in [-0.39, 0.29) is 0 Å². The Bertz CT molecular complexity index is 629. The van der Waals surface area contributed by atoms with E-state index in [4.69, 9.17) is 4.74 Å². The molecule has 1 unspecified atom stereocenters. The van der Waals surface area contributed by atoms with Crippen molar-refractivity contribution in [2.45, 2.75) is 38.8 Å². The van der Waals surface area contributed by atoms with Crippen LogP contribution in [0.25, 0.3) is 11.4 Å². The topological polar surface area (TPSA) is 43.2 Å². The Balaban J connectivity index is 1.74. The Morgan fingerprint density at radius 3 is 2.48 bits per heavy atom. The third-order valence-corrected chi connectivity index (χ3v) is 4.72. The quantitative estimate of drug-likeness (QED) is 0.850. The number of methoxy groups -OCH3 is 1. The highest BCUT2D eigenvalue weighted by Crippen LogP contribution is 2.26. The minimum Gasteiger partial charge on any atom is -0.377 e. The first kappa shape index (κ1) is 16.1. The molecule has 1 saturated heterocycles. The van der Waals surface area contributed by atoms with Crippen LogP contribution in [0.1, 0.15) is 43.6 Å². The van der Waals surface area contributed by atoms with Crippen LogP contribution in [-0.4, -0.2) is 39.9 Å². The smallest absolute Gasteiger partial charge is 0.181 e. The van der Waals surface area contributed by atoms with E-state index in [1.807, 2.05) is 7.05 Å². The summed E-state index contributed by atoms with van der Waals surface area (Å²) >= 11 is 0. The monoisotopic (exact) mass is 314 g/mol. The zero-order valence-corrected chi connectivity index (χ0v) is 14.3. The lowest BCUT2D eigenvalue weighted by molar-refractivity contribution is 0.174. The summed E-state index contributed by atoms with van der Waals surface area (Å²) in [5.74, 6) is 1.60. The number of piperidine rings is 1. The number of hydrogen-bond acceptors (Lipinski definition) is 4. The van der Waals surface area contributed by atoms with Gasteiger partial charge in [0.1, 0.15) is 6.61 Å². The molecule has 1 aliphatic heterocycles. The number of nitrogens with zero attached hydrogens (tertiary/aromatic N) is 4. The van der Waals surface area contributed by atoms with Crippen molar-refractivity contribution in [2.75, 3.05) is 20.2 Å². The third-order valence-electron chi connectivity index (χ3n) is 4.72. The van der Waals surface area contributed by atoms with Gasteiger partial charge in [0, 0.05) is 25.8 Å². The van der Waals surface area contributed by atoms with Crippen LogP contribution in [0.3, 0.4) is 0 Å².